The molecule has 0 radical (unpaired) electrons. The number of hydrogen-bond acceptors (Lipinski definition) is 4. The Bertz CT molecular complexity index is 800. The highest BCUT2D eigenvalue weighted by Gasteiger charge is 2.43. The van der Waals surface area contributed by atoms with Gasteiger partial charge in [-0.25, -0.2) is 0 Å². The van der Waals surface area contributed by atoms with Crippen molar-refractivity contribution in [1.29, 1.82) is 0 Å². The van der Waals surface area contributed by atoms with E-state index in [-0.39, 0.29) is 18.3 Å². The zero-order valence-electron chi connectivity index (χ0n) is 17.3. The summed E-state index contributed by atoms with van der Waals surface area (Å²) in [6.45, 7) is 3.40. The van der Waals surface area contributed by atoms with Crippen LogP contribution < -0.4 is 5.73 Å². The van der Waals surface area contributed by atoms with Crippen LogP contribution >= 0.6 is 12.4 Å². The summed E-state index contributed by atoms with van der Waals surface area (Å²) in [5.74, 6) is -0.412. The molecule has 2 atom stereocenters. The minimum Gasteiger partial charge on any atom is -0.385 e. The molecule has 29 heavy (non-hydrogen) atoms. The van der Waals surface area contributed by atoms with Gasteiger partial charge < -0.3 is 20.6 Å². The van der Waals surface area contributed by atoms with E-state index >= 15 is 0 Å². The molecule has 5 nitrogen and oxygen atoms in total. The Hall–Kier alpha value is -1.92. The SMILES string of the molecule is CN(C)CC1CN(CCc2ccccc2)CCC1(O)c1cccc(C(N)=O)c1.Cl. The zero-order chi connectivity index (χ0) is 20.1. The molecule has 1 aliphatic heterocycles. The number of likely N-dealkylation sites (tertiary alicyclic amines) is 1. The van der Waals surface area contributed by atoms with Crippen molar-refractivity contribution in [2.75, 3.05) is 40.3 Å². The van der Waals surface area contributed by atoms with Crippen LogP contribution in [0.1, 0.15) is 27.9 Å². The average Bonchev–Trinajstić information content (AvgIpc) is 2.69. The first-order valence-electron chi connectivity index (χ1n) is 9.92. The van der Waals surface area contributed by atoms with E-state index in [1.807, 2.05) is 32.3 Å². The highest BCUT2D eigenvalue weighted by molar-refractivity contribution is 5.92. The number of benzene rings is 2. The van der Waals surface area contributed by atoms with Gasteiger partial charge in [-0.3, -0.25) is 4.79 Å². The Morgan fingerprint density at radius 2 is 1.93 bits per heavy atom. The van der Waals surface area contributed by atoms with Crippen LogP contribution in [0.2, 0.25) is 0 Å². The normalized spacial score (nSPS) is 22.3. The van der Waals surface area contributed by atoms with E-state index in [0.29, 0.717) is 12.0 Å². The quantitative estimate of drug-likeness (QED) is 0.726. The first-order valence-corrected chi connectivity index (χ1v) is 9.92. The topological polar surface area (TPSA) is 69.8 Å². The van der Waals surface area contributed by atoms with Crippen LogP contribution in [0.4, 0.5) is 0 Å². The number of hydrogen-bond donors (Lipinski definition) is 2. The molecule has 1 fully saturated rings. The van der Waals surface area contributed by atoms with Gasteiger partial charge in [0.25, 0.3) is 0 Å². The van der Waals surface area contributed by atoms with E-state index in [2.05, 4.69) is 34.1 Å². The number of amides is 1. The maximum Gasteiger partial charge on any atom is 0.248 e. The molecule has 0 spiro atoms. The standard InChI is InChI=1S/C23H31N3O2.ClH/c1-25(2)16-21-17-26(13-11-18-7-4-3-5-8-18)14-12-23(21,28)20-10-6-9-19(15-20)22(24)27;/h3-10,15,21,28H,11-14,16-17H2,1-2H3,(H2,24,27);1H. The van der Waals surface area contributed by atoms with Crippen molar-refractivity contribution >= 4 is 18.3 Å². The Morgan fingerprint density at radius 1 is 1.21 bits per heavy atom. The Kier molecular flexibility index (Phi) is 8.23. The fourth-order valence-corrected chi connectivity index (χ4v) is 4.19. The van der Waals surface area contributed by atoms with Crippen molar-refractivity contribution in [3.05, 3.63) is 71.3 Å². The summed E-state index contributed by atoms with van der Waals surface area (Å²) in [6.07, 6.45) is 1.65. The number of piperidine rings is 1. The lowest BCUT2D eigenvalue weighted by molar-refractivity contribution is -0.0843. The van der Waals surface area contributed by atoms with Gasteiger partial charge in [-0.1, -0.05) is 42.5 Å². The van der Waals surface area contributed by atoms with Gasteiger partial charge in [0.2, 0.25) is 5.91 Å². The fraction of sp³-hybridized carbons (Fsp3) is 0.435. The maximum atomic E-state index is 11.7. The van der Waals surface area contributed by atoms with Crippen LogP contribution in [0.5, 0.6) is 0 Å². The minimum absolute atomic E-state index is 0. The lowest BCUT2D eigenvalue weighted by Crippen LogP contribution is -2.53. The summed E-state index contributed by atoms with van der Waals surface area (Å²) in [6, 6.07) is 17.7. The first-order chi connectivity index (χ1) is 13.4. The van der Waals surface area contributed by atoms with Crippen LogP contribution in [0.25, 0.3) is 0 Å². The summed E-state index contributed by atoms with van der Waals surface area (Å²) in [5.41, 5.74) is 7.06. The van der Waals surface area contributed by atoms with Crippen LogP contribution in [-0.2, 0) is 12.0 Å². The predicted molar refractivity (Wildman–Crippen MR) is 119 cm³/mol. The molecule has 1 aliphatic rings. The van der Waals surface area contributed by atoms with Gasteiger partial charge >= 0.3 is 0 Å². The molecule has 158 valence electrons. The monoisotopic (exact) mass is 417 g/mol. The van der Waals surface area contributed by atoms with Crippen molar-refractivity contribution < 1.29 is 9.90 Å². The van der Waals surface area contributed by atoms with Gasteiger partial charge in [-0.2, -0.15) is 0 Å². The van der Waals surface area contributed by atoms with Gasteiger partial charge in [0, 0.05) is 37.7 Å². The summed E-state index contributed by atoms with van der Waals surface area (Å²) >= 11 is 0. The molecule has 2 aromatic carbocycles. The largest absolute Gasteiger partial charge is 0.385 e. The molecule has 1 amide bonds. The number of nitrogens with two attached hydrogens (primary N) is 1. The lowest BCUT2D eigenvalue weighted by Gasteiger charge is -2.46. The molecule has 0 saturated carbocycles. The number of halogens is 1. The second-order valence-corrected chi connectivity index (χ2v) is 8.11. The second-order valence-electron chi connectivity index (χ2n) is 8.11. The number of nitrogens with zero attached hydrogens (tertiary/aromatic N) is 2. The van der Waals surface area contributed by atoms with E-state index in [1.165, 1.54) is 5.56 Å². The van der Waals surface area contributed by atoms with Crippen molar-refractivity contribution in [2.45, 2.75) is 18.4 Å². The molecule has 3 N–H and O–H groups in total. The van der Waals surface area contributed by atoms with Gasteiger partial charge in [0.15, 0.2) is 0 Å². The van der Waals surface area contributed by atoms with Gasteiger partial charge in [0.05, 0.1) is 5.60 Å². The summed E-state index contributed by atoms with van der Waals surface area (Å²) in [7, 11) is 4.06. The fourth-order valence-electron chi connectivity index (χ4n) is 4.19. The number of carbonyl (C=O) groups excluding carboxylic acids is 1. The average molecular weight is 418 g/mol. The minimum atomic E-state index is -0.959. The van der Waals surface area contributed by atoms with Gasteiger partial charge in [0.1, 0.15) is 0 Å². The molecule has 6 heteroatoms. The molecule has 0 aliphatic carbocycles. The third kappa shape index (κ3) is 5.80. The molecule has 3 rings (SSSR count). The summed E-state index contributed by atoms with van der Waals surface area (Å²) in [5, 5.41) is 11.7. The van der Waals surface area contributed by atoms with E-state index in [9.17, 15) is 9.90 Å². The molecule has 0 bridgehead atoms. The van der Waals surface area contributed by atoms with Crippen LogP contribution in [0.15, 0.2) is 54.6 Å². The van der Waals surface area contributed by atoms with E-state index in [1.54, 1.807) is 12.1 Å². The van der Waals surface area contributed by atoms with Gasteiger partial charge in [-0.05, 0) is 50.2 Å². The summed E-state index contributed by atoms with van der Waals surface area (Å²) < 4.78 is 0. The molecule has 0 aromatic heterocycles. The summed E-state index contributed by atoms with van der Waals surface area (Å²) in [4.78, 5) is 16.2. The van der Waals surface area contributed by atoms with E-state index < -0.39 is 11.5 Å². The van der Waals surface area contributed by atoms with Crippen molar-refractivity contribution in [3.63, 3.8) is 0 Å². The van der Waals surface area contributed by atoms with Crippen LogP contribution in [-0.4, -0.2) is 61.1 Å². The number of rotatable bonds is 7. The Labute approximate surface area is 179 Å². The van der Waals surface area contributed by atoms with Crippen molar-refractivity contribution in [2.24, 2.45) is 11.7 Å². The van der Waals surface area contributed by atoms with E-state index in [0.717, 1.165) is 38.2 Å². The van der Waals surface area contributed by atoms with E-state index in [4.69, 9.17) is 5.73 Å². The molecule has 1 saturated heterocycles. The molecule has 2 unspecified atom stereocenters. The highest BCUT2D eigenvalue weighted by atomic mass is 35.5. The van der Waals surface area contributed by atoms with Gasteiger partial charge in [-0.15, -0.1) is 12.4 Å². The Balaban J connectivity index is 0.00000300. The van der Waals surface area contributed by atoms with Crippen molar-refractivity contribution in [3.8, 4) is 0 Å². The first kappa shape index (κ1) is 23.4. The Morgan fingerprint density at radius 3 is 2.59 bits per heavy atom. The second kappa shape index (κ2) is 10.2. The number of carbonyl (C=O) groups is 1. The van der Waals surface area contributed by atoms with Crippen molar-refractivity contribution in [1.82, 2.24) is 9.80 Å². The predicted octanol–water partition coefficient (Wildman–Crippen LogP) is 2.52. The van der Waals surface area contributed by atoms with Crippen LogP contribution in [0.3, 0.4) is 0 Å². The lowest BCUT2D eigenvalue weighted by atomic mass is 9.75. The third-order valence-electron chi connectivity index (χ3n) is 5.76. The number of primary amides is 1. The molecule has 1 heterocycles. The van der Waals surface area contributed by atoms with Crippen LogP contribution in [0, 0.1) is 5.92 Å². The molecular formula is C23H32ClN3O2. The highest BCUT2D eigenvalue weighted by Crippen LogP contribution is 2.38. The molecular weight excluding hydrogens is 386 g/mol. The zero-order valence-corrected chi connectivity index (χ0v) is 18.1. The maximum absolute atomic E-state index is 11.7. The molecule has 2 aromatic rings. The number of aliphatic hydroxyl groups is 1. The third-order valence-corrected chi connectivity index (χ3v) is 5.76. The smallest absolute Gasteiger partial charge is 0.248 e.